The molecule has 0 spiro atoms. The molecule has 1 aromatic rings. The number of ether oxygens (including phenoxy) is 2. The van der Waals surface area contributed by atoms with Crippen molar-refractivity contribution in [1.82, 2.24) is 0 Å². The normalized spacial score (nSPS) is 19.9. The van der Waals surface area contributed by atoms with Crippen molar-refractivity contribution in [1.29, 1.82) is 0 Å². The van der Waals surface area contributed by atoms with E-state index in [2.05, 4.69) is 0 Å². The number of Topliss-reactive ketones (excluding diaryl/α,β-unsaturated/α-hetero) is 1. The number of hydrogen-bond donors (Lipinski definition) is 0. The molecule has 14 heavy (non-hydrogen) atoms. The van der Waals surface area contributed by atoms with Crippen molar-refractivity contribution < 1.29 is 14.3 Å². The first-order valence-electron chi connectivity index (χ1n) is 4.49. The Kier molecular flexibility index (Phi) is 2.43. The van der Waals surface area contributed by atoms with Crippen molar-refractivity contribution in [2.45, 2.75) is 19.6 Å². The van der Waals surface area contributed by atoms with Gasteiger partial charge in [0.2, 0.25) is 0 Å². The molecule has 2 heterocycles. The zero-order chi connectivity index (χ0) is 10.2. The van der Waals surface area contributed by atoms with Crippen molar-refractivity contribution in [2.75, 3.05) is 13.2 Å². The van der Waals surface area contributed by atoms with Crippen LogP contribution in [-0.2, 0) is 15.3 Å². The van der Waals surface area contributed by atoms with Crippen molar-refractivity contribution in [3.05, 3.63) is 21.9 Å². The number of carbonyl (C=O) groups is 1. The van der Waals surface area contributed by atoms with E-state index in [1.54, 1.807) is 6.92 Å². The topological polar surface area (TPSA) is 35.5 Å². The highest BCUT2D eigenvalue weighted by Gasteiger charge is 2.36. The van der Waals surface area contributed by atoms with Gasteiger partial charge in [-0.2, -0.15) is 11.3 Å². The monoisotopic (exact) mass is 212 g/mol. The minimum atomic E-state index is -0.721. The molecule has 0 aliphatic carbocycles. The van der Waals surface area contributed by atoms with Crippen LogP contribution in [0.15, 0.2) is 10.8 Å². The predicted octanol–water partition coefficient (Wildman–Crippen LogP) is 2.17. The molecule has 3 nitrogen and oxygen atoms in total. The van der Waals surface area contributed by atoms with Crippen LogP contribution in [0.4, 0.5) is 0 Å². The maximum atomic E-state index is 11.3. The van der Waals surface area contributed by atoms with E-state index in [9.17, 15) is 4.79 Å². The zero-order valence-electron chi connectivity index (χ0n) is 8.20. The van der Waals surface area contributed by atoms with Crippen LogP contribution in [0.2, 0.25) is 0 Å². The molecule has 0 N–H and O–H groups in total. The minimum Gasteiger partial charge on any atom is -0.344 e. The van der Waals surface area contributed by atoms with Gasteiger partial charge < -0.3 is 9.47 Å². The summed E-state index contributed by atoms with van der Waals surface area (Å²) in [7, 11) is 0. The molecular weight excluding hydrogens is 200 g/mol. The maximum absolute atomic E-state index is 11.3. The third-order valence-corrected chi connectivity index (χ3v) is 3.11. The Balaban J connectivity index is 2.40. The van der Waals surface area contributed by atoms with Crippen LogP contribution in [0.25, 0.3) is 0 Å². The Morgan fingerprint density at radius 3 is 2.64 bits per heavy atom. The highest BCUT2D eigenvalue weighted by molar-refractivity contribution is 7.08. The van der Waals surface area contributed by atoms with Gasteiger partial charge in [-0.3, -0.25) is 4.79 Å². The quantitative estimate of drug-likeness (QED) is 0.705. The highest BCUT2D eigenvalue weighted by Crippen LogP contribution is 2.35. The van der Waals surface area contributed by atoms with Crippen LogP contribution in [0.1, 0.15) is 29.8 Å². The Bertz CT molecular complexity index is 350. The number of rotatable bonds is 2. The SMILES string of the molecule is CC(=O)c1cscc1C1(C)OCCO1. The van der Waals surface area contributed by atoms with Crippen molar-refractivity contribution in [3.63, 3.8) is 0 Å². The smallest absolute Gasteiger partial charge is 0.193 e. The molecule has 0 unspecified atom stereocenters. The third kappa shape index (κ3) is 1.49. The summed E-state index contributed by atoms with van der Waals surface area (Å²) in [6.07, 6.45) is 0. The Labute approximate surface area is 86.6 Å². The third-order valence-electron chi connectivity index (χ3n) is 2.37. The lowest BCUT2D eigenvalue weighted by Crippen LogP contribution is -2.23. The Morgan fingerprint density at radius 2 is 2.07 bits per heavy atom. The van der Waals surface area contributed by atoms with Crippen LogP contribution < -0.4 is 0 Å². The van der Waals surface area contributed by atoms with Gasteiger partial charge in [-0.1, -0.05) is 0 Å². The maximum Gasteiger partial charge on any atom is 0.193 e. The van der Waals surface area contributed by atoms with E-state index < -0.39 is 5.79 Å². The second-order valence-electron chi connectivity index (χ2n) is 3.40. The van der Waals surface area contributed by atoms with Gasteiger partial charge in [0.25, 0.3) is 0 Å². The molecule has 0 saturated carbocycles. The van der Waals surface area contributed by atoms with Gasteiger partial charge in [0.1, 0.15) is 0 Å². The number of carbonyl (C=O) groups excluding carboxylic acids is 1. The zero-order valence-corrected chi connectivity index (χ0v) is 9.02. The summed E-state index contributed by atoms with van der Waals surface area (Å²) >= 11 is 1.50. The summed E-state index contributed by atoms with van der Waals surface area (Å²) in [6.45, 7) is 4.59. The van der Waals surface area contributed by atoms with E-state index in [4.69, 9.17) is 9.47 Å². The lowest BCUT2D eigenvalue weighted by molar-refractivity contribution is -0.149. The average Bonchev–Trinajstić information content (AvgIpc) is 2.71. The van der Waals surface area contributed by atoms with E-state index in [-0.39, 0.29) is 5.78 Å². The van der Waals surface area contributed by atoms with Gasteiger partial charge in [0.15, 0.2) is 11.6 Å². The fourth-order valence-electron chi connectivity index (χ4n) is 1.59. The number of ketones is 1. The molecule has 76 valence electrons. The number of hydrogen-bond acceptors (Lipinski definition) is 4. The largest absolute Gasteiger partial charge is 0.344 e. The number of thiophene rings is 1. The fourth-order valence-corrected chi connectivity index (χ4v) is 2.57. The standard InChI is InChI=1S/C10H12O3S/c1-7(11)8-5-14-6-9(8)10(2)12-3-4-13-10/h5-6H,3-4H2,1-2H3. The van der Waals surface area contributed by atoms with E-state index in [0.717, 1.165) is 5.56 Å². The van der Waals surface area contributed by atoms with Crippen molar-refractivity contribution in [3.8, 4) is 0 Å². The Hall–Kier alpha value is -0.710. The Morgan fingerprint density at radius 1 is 1.43 bits per heavy atom. The average molecular weight is 212 g/mol. The summed E-state index contributed by atoms with van der Waals surface area (Å²) in [4.78, 5) is 11.3. The molecule has 0 radical (unpaired) electrons. The fraction of sp³-hybridized carbons (Fsp3) is 0.500. The second-order valence-corrected chi connectivity index (χ2v) is 4.14. The summed E-state index contributed by atoms with van der Waals surface area (Å²) in [6, 6.07) is 0. The molecular formula is C10H12O3S. The van der Waals surface area contributed by atoms with Crippen LogP contribution in [-0.4, -0.2) is 19.0 Å². The van der Waals surface area contributed by atoms with Crippen molar-refractivity contribution >= 4 is 17.1 Å². The highest BCUT2D eigenvalue weighted by atomic mass is 32.1. The molecule has 0 atom stereocenters. The van der Waals surface area contributed by atoms with Crippen molar-refractivity contribution in [2.24, 2.45) is 0 Å². The first-order valence-corrected chi connectivity index (χ1v) is 5.43. The van der Waals surface area contributed by atoms with Gasteiger partial charge >= 0.3 is 0 Å². The van der Waals surface area contributed by atoms with Crippen LogP contribution in [0, 0.1) is 0 Å². The van der Waals surface area contributed by atoms with E-state index >= 15 is 0 Å². The lowest BCUT2D eigenvalue weighted by Gasteiger charge is -2.22. The van der Waals surface area contributed by atoms with Crippen LogP contribution >= 0.6 is 11.3 Å². The van der Waals surface area contributed by atoms with Crippen LogP contribution in [0.5, 0.6) is 0 Å². The first kappa shape index (κ1) is 9.83. The van der Waals surface area contributed by atoms with E-state index in [1.807, 2.05) is 17.7 Å². The predicted molar refractivity (Wildman–Crippen MR) is 53.6 cm³/mol. The molecule has 1 fully saturated rings. The van der Waals surface area contributed by atoms with Gasteiger partial charge in [-0.05, 0) is 13.8 Å². The summed E-state index contributed by atoms with van der Waals surface area (Å²) in [5.41, 5.74) is 1.56. The van der Waals surface area contributed by atoms with Gasteiger partial charge in [0, 0.05) is 21.9 Å². The second kappa shape index (κ2) is 3.46. The molecule has 0 bridgehead atoms. The molecule has 1 saturated heterocycles. The lowest BCUT2D eigenvalue weighted by atomic mass is 10.0. The minimum absolute atomic E-state index is 0.0570. The molecule has 1 aliphatic rings. The summed E-state index contributed by atoms with van der Waals surface area (Å²) in [5, 5.41) is 3.76. The summed E-state index contributed by atoms with van der Waals surface area (Å²) in [5.74, 6) is -0.664. The molecule has 0 amide bonds. The molecule has 1 aromatic heterocycles. The molecule has 1 aliphatic heterocycles. The molecule has 4 heteroatoms. The summed E-state index contributed by atoms with van der Waals surface area (Å²) < 4.78 is 11.0. The molecule has 2 rings (SSSR count). The van der Waals surface area contributed by atoms with Gasteiger partial charge in [-0.15, -0.1) is 0 Å². The van der Waals surface area contributed by atoms with Gasteiger partial charge in [0.05, 0.1) is 13.2 Å². The molecule has 0 aromatic carbocycles. The van der Waals surface area contributed by atoms with E-state index in [0.29, 0.717) is 18.8 Å². The van der Waals surface area contributed by atoms with E-state index in [1.165, 1.54) is 11.3 Å². The van der Waals surface area contributed by atoms with Gasteiger partial charge in [-0.25, -0.2) is 0 Å². The van der Waals surface area contributed by atoms with Crippen LogP contribution in [0.3, 0.4) is 0 Å². The first-order chi connectivity index (χ1) is 6.63.